The van der Waals surface area contributed by atoms with E-state index in [0.29, 0.717) is 38.4 Å². The molecule has 14 nitrogen and oxygen atoms in total. The lowest BCUT2D eigenvalue weighted by Crippen LogP contribution is -2.60. The predicted octanol–water partition coefficient (Wildman–Crippen LogP) is 3.73. The first kappa shape index (κ1) is 38.6. The molecule has 5 fully saturated rings. The highest BCUT2D eigenvalue weighted by molar-refractivity contribution is 7.91. The first-order valence-electron chi connectivity index (χ1n) is 20.6. The largest absolute Gasteiger partial charge is 0.472 e. The van der Waals surface area contributed by atoms with Crippen molar-refractivity contribution in [2.24, 2.45) is 11.8 Å². The van der Waals surface area contributed by atoms with E-state index in [1.54, 1.807) is 11.0 Å². The number of aromatic nitrogens is 1. The molecule has 8 rings (SSSR count). The smallest absolute Gasteiger partial charge is 0.318 e. The number of carbonyl (C=O) groups excluding carboxylic acids is 4. The molecule has 4 heterocycles. The van der Waals surface area contributed by atoms with Crippen LogP contribution in [0.15, 0.2) is 43.0 Å². The molecule has 3 aliphatic heterocycles. The molecular weight excluding hydrogens is 737 g/mol. The van der Waals surface area contributed by atoms with Crippen LogP contribution in [0.4, 0.5) is 4.79 Å². The van der Waals surface area contributed by atoms with Gasteiger partial charge in [0.2, 0.25) is 27.7 Å². The summed E-state index contributed by atoms with van der Waals surface area (Å²) in [6, 6.07) is 7.67. The molecule has 3 saturated carbocycles. The number of fused-ring (bicyclic) bond motifs is 6. The van der Waals surface area contributed by atoms with E-state index >= 15 is 0 Å². The number of sulfonamides is 1. The lowest BCUT2D eigenvalue weighted by molar-refractivity contribution is -0.142. The van der Waals surface area contributed by atoms with Crippen LogP contribution in [0.3, 0.4) is 0 Å². The van der Waals surface area contributed by atoms with Gasteiger partial charge in [-0.2, -0.15) is 0 Å². The molecule has 1 aromatic heterocycles. The van der Waals surface area contributed by atoms with Crippen molar-refractivity contribution < 1.29 is 37.1 Å². The summed E-state index contributed by atoms with van der Waals surface area (Å²) in [7, 11) is -3.88. The maximum absolute atomic E-state index is 14.9. The summed E-state index contributed by atoms with van der Waals surface area (Å²) in [5.41, 5.74) is 0.187. The topological polar surface area (TPSA) is 176 Å². The lowest BCUT2D eigenvalue weighted by atomic mass is 9.96. The van der Waals surface area contributed by atoms with Crippen molar-refractivity contribution in [2.75, 3.05) is 26.2 Å². The zero-order chi connectivity index (χ0) is 39.0. The van der Waals surface area contributed by atoms with Crippen LogP contribution >= 0.6 is 0 Å². The van der Waals surface area contributed by atoms with E-state index < -0.39 is 56.7 Å². The summed E-state index contributed by atoms with van der Waals surface area (Å²) >= 11 is 0. The van der Waals surface area contributed by atoms with Gasteiger partial charge in [-0.25, -0.2) is 18.2 Å². The van der Waals surface area contributed by atoms with E-state index in [-0.39, 0.29) is 43.3 Å². The fraction of sp³-hybridized carbons (Fsp3) is 0.634. The predicted molar refractivity (Wildman–Crippen MR) is 208 cm³/mol. The third kappa shape index (κ3) is 8.11. The molecule has 0 radical (unpaired) electrons. The Morgan fingerprint density at radius 2 is 1.79 bits per heavy atom. The Bertz CT molecular complexity index is 1970. The normalized spacial score (nSPS) is 30.6. The van der Waals surface area contributed by atoms with Crippen LogP contribution in [0.5, 0.6) is 5.88 Å². The van der Waals surface area contributed by atoms with Crippen LogP contribution in [0.1, 0.15) is 89.0 Å². The van der Waals surface area contributed by atoms with Crippen LogP contribution < -0.4 is 20.1 Å². The van der Waals surface area contributed by atoms with E-state index in [0.717, 1.165) is 80.7 Å². The number of nitrogens with one attached hydrogen (secondary N) is 3. The molecule has 6 aliphatic rings. The number of benzene rings is 1. The third-order valence-electron chi connectivity index (χ3n) is 12.7. The van der Waals surface area contributed by atoms with Crippen molar-refractivity contribution in [1.29, 1.82) is 0 Å². The monoisotopic (exact) mass is 790 g/mol. The van der Waals surface area contributed by atoms with Crippen LogP contribution in [0.2, 0.25) is 0 Å². The summed E-state index contributed by atoms with van der Waals surface area (Å²) in [6.45, 7) is 5.50. The zero-order valence-electron chi connectivity index (χ0n) is 32.0. The van der Waals surface area contributed by atoms with Crippen molar-refractivity contribution >= 4 is 44.7 Å². The average Bonchev–Trinajstić information content (AvgIpc) is 4.07. The Balaban J connectivity index is 1.12. The van der Waals surface area contributed by atoms with Gasteiger partial charge in [0.15, 0.2) is 0 Å². The maximum atomic E-state index is 14.9. The van der Waals surface area contributed by atoms with Crippen LogP contribution in [0.25, 0.3) is 10.9 Å². The Morgan fingerprint density at radius 1 is 0.982 bits per heavy atom. The second-order valence-corrected chi connectivity index (χ2v) is 18.6. The molecule has 3 aliphatic carbocycles. The molecule has 15 heteroatoms. The highest BCUT2D eigenvalue weighted by atomic mass is 32.2. The van der Waals surface area contributed by atoms with Gasteiger partial charge < -0.3 is 29.9 Å². The Labute approximate surface area is 328 Å². The van der Waals surface area contributed by atoms with Gasteiger partial charge in [-0.3, -0.25) is 19.1 Å². The van der Waals surface area contributed by atoms with Crippen molar-refractivity contribution in [1.82, 2.24) is 30.1 Å². The molecule has 5 amide bonds. The number of amides is 5. The number of aryl methyl sites for hydroxylation is 1. The Hall–Kier alpha value is -4.24. The van der Waals surface area contributed by atoms with E-state index in [1.807, 2.05) is 24.3 Å². The van der Waals surface area contributed by atoms with E-state index in [9.17, 15) is 27.6 Å². The molecule has 3 N–H and O–H groups in total. The van der Waals surface area contributed by atoms with E-state index in [1.165, 1.54) is 4.90 Å². The standard InChI is InChI=1S/C41H54N6O8S/c1-2-29-23-41(29,39(50)45-56(52,53)32-17-18-32)44-36(48)34-22-31-25-47(34)38(49)35(26-11-5-6-12-26)43-40(51)46-19-10-15-30(24-46)54-20-9-3-4-14-28-21-27-13-7-8-16-33(27)42-37(28)55-31/h2,7-8,13,16,21,26,29-32,34-35H,1,3-6,9-12,14-15,17-20,22-25H2,(H,43,51)(H,44,48)(H,45,50)/t29?,30-,31-,34+,35+,41-/m1/s1. The number of urea groups is 1. The fourth-order valence-corrected chi connectivity index (χ4v) is 10.5. The van der Waals surface area contributed by atoms with Crippen LogP contribution in [-0.4, -0.2) is 108 Å². The van der Waals surface area contributed by atoms with Gasteiger partial charge >= 0.3 is 6.03 Å². The van der Waals surface area contributed by atoms with Gasteiger partial charge in [0.1, 0.15) is 23.7 Å². The van der Waals surface area contributed by atoms with Gasteiger partial charge in [-0.15, -0.1) is 6.58 Å². The Kier molecular flexibility index (Phi) is 11.0. The van der Waals surface area contributed by atoms with Gasteiger partial charge in [0.25, 0.3) is 5.91 Å². The summed E-state index contributed by atoms with van der Waals surface area (Å²) in [5, 5.41) is 6.35. The molecule has 1 unspecified atom stereocenters. The number of para-hydroxylation sites is 1. The highest BCUT2D eigenvalue weighted by Gasteiger charge is 2.62. The first-order chi connectivity index (χ1) is 27.0. The lowest BCUT2D eigenvalue weighted by Gasteiger charge is -2.36. The molecule has 1 aromatic carbocycles. The maximum Gasteiger partial charge on any atom is 0.318 e. The number of rotatable bonds is 7. The summed E-state index contributed by atoms with van der Waals surface area (Å²) in [6.07, 6.45) is 10.5. The minimum Gasteiger partial charge on any atom is -0.472 e. The molecule has 56 heavy (non-hydrogen) atoms. The number of carbonyl (C=O) groups is 4. The minimum absolute atomic E-state index is 0.0593. The number of piperidine rings is 1. The molecule has 6 atom stereocenters. The van der Waals surface area contributed by atoms with Crippen molar-refractivity contribution in [3.8, 4) is 5.88 Å². The molecule has 2 saturated heterocycles. The van der Waals surface area contributed by atoms with Gasteiger partial charge in [0.05, 0.1) is 23.4 Å². The molecule has 0 spiro atoms. The molecule has 302 valence electrons. The van der Waals surface area contributed by atoms with Crippen molar-refractivity contribution in [3.63, 3.8) is 0 Å². The fourth-order valence-electron chi connectivity index (χ4n) is 9.15. The SMILES string of the molecule is C=CC1C[C@]1(NC(=O)[C@@H]1C[C@@H]2CN1C(=O)[C@H](C1CCCC1)NC(=O)N1CCC[C@H](C1)OCCCCCc1cc3ccccc3nc1O2)C(=O)NS(=O)(=O)C1CC1. The number of hydrogen-bond donors (Lipinski definition) is 3. The number of nitrogens with zero attached hydrogens (tertiary/aromatic N) is 3. The molecule has 2 aromatic rings. The number of ether oxygens (including phenoxy) is 2. The second kappa shape index (κ2) is 16.0. The van der Waals surface area contributed by atoms with E-state index in [4.69, 9.17) is 14.5 Å². The highest BCUT2D eigenvalue weighted by Crippen LogP contribution is 2.45. The van der Waals surface area contributed by atoms with Gasteiger partial charge in [0, 0.05) is 43.0 Å². The first-order valence-corrected chi connectivity index (χ1v) is 22.1. The van der Waals surface area contributed by atoms with Crippen molar-refractivity contribution in [2.45, 2.75) is 125 Å². The Morgan fingerprint density at radius 3 is 2.55 bits per heavy atom. The van der Waals surface area contributed by atoms with Crippen molar-refractivity contribution in [3.05, 3.63) is 48.6 Å². The zero-order valence-corrected chi connectivity index (χ0v) is 32.8. The number of hydrogen-bond acceptors (Lipinski definition) is 9. The van der Waals surface area contributed by atoms with Gasteiger partial charge in [-0.05, 0) is 82.3 Å². The quantitative estimate of drug-likeness (QED) is 0.353. The van der Waals surface area contributed by atoms with Gasteiger partial charge in [-0.1, -0.05) is 43.5 Å². The van der Waals surface area contributed by atoms with Crippen LogP contribution in [0, 0.1) is 11.8 Å². The van der Waals surface area contributed by atoms with E-state index in [2.05, 4.69) is 28.0 Å². The minimum atomic E-state index is -3.88. The second-order valence-electron chi connectivity index (χ2n) is 16.7. The number of pyridine rings is 1. The van der Waals surface area contributed by atoms with Crippen LogP contribution in [-0.2, 0) is 35.6 Å². The summed E-state index contributed by atoms with van der Waals surface area (Å²) in [5.74, 6) is -1.92. The molecular formula is C41H54N6O8S. The summed E-state index contributed by atoms with van der Waals surface area (Å²) < 4.78 is 40.7. The molecule has 4 bridgehead atoms. The average molecular weight is 791 g/mol. The third-order valence-corrected chi connectivity index (χ3v) is 14.5. The summed E-state index contributed by atoms with van der Waals surface area (Å²) in [4.78, 5) is 65.1.